The van der Waals surface area contributed by atoms with Crippen LogP contribution in [0.15, 0.2) is 60.7 Å². The molecular formula is C20H16OS. The molecule has 1 aromatic heterocycles. The minimum atomic E-state index is 0.119. The van der Waals surface area contributed by atoms with Crippen molar-refractivity contribution in [2.75, 3.05) is 0 Å². The third kappa shape index (κ3) is 2.03. The van der Waals surface area contributed by atoms with Crippen LogP contribution in [-0.4, -0.2) is 5.78 Å². The second-order valence-corrected chi connectivity index (χ2v) is 6.84. The summed E-state index contributed by atoms with van der Waals surface area (Å²) in [6.45, 7) is 2.03. The molecule has 0 N–H and O–H groups in total. The summed E-state index contributed by atoms with van der Waals surface area (Å²) in [6.07, 6.45) is 0.863. The Bertz CT molecular complexity index is 831. The quantitative estimate of drug-likeness (QED) is 0.614. The van der Waals surface area contributed by atoms with Crippen LogP contribution in [0.25, 0.3) is 21.6 Å². The van der Waals surface area contributed by atoms with Gasteiger partial charge in [0.15, 0.2) is 5.78 Å². The maximum Gasteiger partial charge on any atom is 0.176 e. The Hall–Kier alpha value is -2.19. The van der Waals surface area contributed by atoms with Gasteiger partial charge in [-0.3, -0.25) is 4.79 Å². The van der Waals surface area contributed by atoms with Crippen molar-refractivity contribution >= 4 is 17.1 Å². The number of benzene rings is 2. The van der Waals surface area contributed by atoms with Gasteiger partial charge in [-0.15, -0.1) is 11.3 Å². The third-order valence-corrected chi connectivity index (χ3v) is 5.58. The van der Waals surface area contributed by atoms with Crippen molar-refractivity contribution in [3.05, 3.63) is 71.1 Å². The highest BCUT2D eigenvalue weighted by molar-refractivity contribution is 7.18. The van der Waals surface area contributed by atoms with Crippen molar-refractivity contribution in [3.63, 3.8) is 0 Å². The first-order valence-corrected chi connectivity index (χ1v) is 8.38. The van der Waals surface area contributed by atoms with E-state index in [1.165, 1.54) is 27.1 Å². The lowest BCUT2D eigenvalue weighted by Crippen LogP contribution is -2.02. The van der Waals surface area contributed by atoms with Crippen molar-refractivity contribution in [1.82, 2.24) is 0 Å². The number of thiophene rings is 1. The summed E-state index contributed by atoms with van der Waals surface area (Å²) in [5.41, 5.74) is 4.90. The van der Waals surface area contributed by atoms with Gasteiger partial charge in [0.2, 0.25) is 0 Å². The first-order chi connectivity index (χ1) is 10.8. The molecular weight excluding hydrogens is 288 g/mol. The van der Waals surface area contributed by atoms with Crippen molar-refractivity contribution in [1.29, 1.82) is 0 Å². The van der Waals surface area contributed by atoms with Crippen LogP contribution < -0.4 is 0 Å². The van der Waals surface area contributed by atoms with E-state index in [0.29, 0.717) is 5.78 Å². The van der Waals surface area contributed by atoms with Gasteiger partial charge in [0.25, 0.3) is 0 Å². The zero-order chi connectivity index (χ0) is 15.1. The number of carbonyl (C=O) groups is 1. The van der Waals surface area contributed by atoms with Crippen molar-refractivity contribution < 1.29 is 4.79 Å². The average Bonchev–Trinajstić information content (AvgIpc) is 3.06. The Morgan fingerprint density at radius 1 is 0.864 bits per heavy atom. The minimum Gasteiger partial charge on any atom is -0.293 e. The normalized spacial score (nSPS) is 16.8. The van der Waals surface area contributed by atoms with Crippen molar-refractivity contribution in [3.8, 4) is 21.6 Å². The summed E-state index contributed by atoms with van der Waals surface area (Å²) in [6, 6.07) is 20.8. The van der Waals surface area contributed by atoms with Gasteiger partial charge in [0, 0.05) is 16.4 Å². The molecule has 22 heavy (non-hydrogen) atoms. The summed E-state index contributed by atoms with van der Waals surface area (Å²) >= 11 is 1.66. The summed E-state index contributed by atoms with van der Waals surface area (Å²) in [5.74, 6) is 0.424. The lowest BCUT2D eigenvalue weighted by atomic mass is 9.96. The van der Waals surface area contributed by atoms with E-state index < -0.39 is 0 Å². The van der Waals surface area contributed by atoms with Crippen LogP contribution in [-0.2, 0) is 6.42 Å². The summed E-state index contributed by atoms with van der Waals surface area (Å²) in [4.78, 5) is 14.6. The fraction of sp³-hybridized carbons (Fsp3) is 0.150. The standard InChI is InChI=1S/C20H16OS/c1-13-12-16-17(14-8-4-2-5-9-14)19(22-20(16)18(13)21)15-10-6-3-7-11-15/h2-11,13H,12H2,1H3. The molecule has 0 amide bonds. The lowest BCUT2D eigenvalue weighted by molar-refractivity contribution is 0.0949. The van der Waals surface area contributed by atoms with Gasteiger partial charge < -0.3 is 0 Å². The smallest absolute Gasteiger partial charge is 0.176 e. The molecule has 1 aliphatic rings. The predicted molar refractivity (Wildman–Crippen MR) is 92.4 cm³/mol. The first kappa shape index (κ1) is 13.5. The highest BCUT2D eigenvalue weighted by atomic mass is 32.1. The second kappa shape index (κ2) is 5.22. The molecule has 0 saturated heterocycles. The zero-order valence-electron chi connectivity index (χ0n) is 12.4. The molecule has 1 unspecified atom stereocenters. The van der Waals surface area contributed by atoms with Crippen LogP contribution in [0.3, 0.4) is 0 Å². The molecule has 0 bridgehead atoms. The van der Waals surface area contributed by atoms with E-state index >= 15 is 0 Å². The Morgan fingerprint density at radius 3 is 2.09 bits per heavy atom. The lowest BCUT2D eigenvalue weighted by Gasteiger charge is -2.08. The number of rotatable bonds is 2. The van der Waals surface area contributed by atoms with Gasteiger partial charge in [-0.25, -0.2) is 0 Å². The molecule has 0 fully saturated rings. The molecule has 1 atom stereocenters. The van der Waals surface area contributed by atoms with Crippen LogP contribution in [0.4, 0.5) is 0 Å². The Morgan fingerprint density at radius 2 is 1.45 bits per heavy atom. The number of hydrogen-bond acceptors (Lipinski definition) is 2. The Labute approximate surface area is 134 Å². The maximum atomic E-state index is 12.4. The van der Waals surface area contributed by atoms with Crippen molar-refractivity contribution in [2.24, 2.45) is 5.92 Å². The molecule has 0 aliphatic heterocycles. The number of Topliss-reactive ketones (excluding diaryl/α,β-unsaturated/α-hetero) is 1. The fourth-order valence-electron chi connectivity index (χ4n) is 3.18. The van der Waals surface area contributed by atoms with Crippen LogP contribution in [0, 0.1) is 5.92 Å². The maximum absolute atomic E-state index is 12.4. The molecule has 108 valence electrons. The average molecular weight is 304 g/mol. The Kier molecular flexibility index (Phi) is 3.20. The minimum absolute atomic E-state index is 0.119. The topological polar surface area (TPSA) is 17.1 Å². The van der Waals surface area contributed by atoms with Gasteiger partial charge in [0.05, 0.1) is 4.88 Å². The second-order valence-electron chi connectivity index (χ2n) is 5.82. The van der Waals surface area contributed by atoms with E-state index in [1.807, 2.05) is 19.1 Å². The van der Waals surface area contributed by atoms with Crippen LogP contribution >= 0.6 is 11.3 Å². The molecule has 0 radical (unpaired) electrons. The molecule has 2 heteroatoms. The zero-order valence-corrected chi connectivity index (χ0v) is 13.2. The van der Waals surface area contributed by atoms with Gasteiger partial charge in [-0.1, -0.05) is 67.6 Å². The number of ketones is 1. The van der Waals surface area contributed by atoms with Gasteiger partial charge >= 0.3 is 0 Å². The van der Waals surface area contributed by atoms with Crippen molar-refractivity contribution in [2.45, 2.75) is 13.3 Å². The summed E-state index contributed by atoms with van der Waals surface area (Å²) in [5, 5.41) is 0. The molecule has 0 spiro atoms. The summed E-state index contributed by atoms with van der Waals surface area (Å²) in [7, 11) is 0. The fourth-order valence-corrected chi connectivity index (χ4v) is 4.60. The largest absolute Gasteiger partial charge is 0.293 e. The highest BCUT2D eigenvalue weighted by Crippen LogP contribution is 2.47. The Balaban J connectivity index is 1.99. The van der Waals surface area contributed by atoms with Gasteiger partial charge in [-0.2, -0.15) is 0 Å². The number of fused-ring (bicyclic) bond motifs is 1. The molecule has 4 rings (SSSR count). The van der Waals surface area contributed by atoms with E-state index in [1.54, 1.807) is 11.3 Å². The third-order valence-electron chi connectivity index (χ3n) is 4.29. The van der Waals surface area contributed by atoms with Gasteiger partial charge in [0.1, 0.15) is 0 Å². The van der Waals surface area contributed by atoms with E-state index in [9.17, 15) is 4.79 Å². The number of hydrogen-bond donors (Lipinski definition) is 0. The van der Waals surface area contributed by atoms with Gasteiger partial charge in [-0.05, 0) is 23.1 Å². The molecule has 0 saturated carbocycles. The number of carbonyl (C=O) groups excluding carboxylic acids is 1. The predicted octanol–water partition coefficient (Wildman–Crippen LogP) is 5.46. The van der Waals surface area contributed by atoms with E-state index in [0.717, 1.165) is 11.3 Å². The van der Waals surface area contributed by atoms with Crippen LogP contribution in [0.1, 0.15) is 22.2 Å². The molecule has 1 heterocycles. The molecule has 3 aromatic rings. The van der Waals surface area contributed by atoms with E-state index in [4.69, 9.17) is 0 Å². The highest BCUT2D eigenvalue weighted by Gasteiger charge is 2.33. The van der Waals surface area contributed by atoms with E-state index in [2.05, 4.69) is 48.5 Å². The molecule has 1 aliphatic carbocycles. The monoisotopic (exact) mass is 304 g/mol. The first-order valence-electron chi connectivity index (χ1n) is 7.56. The molecule has 2 aromatic carbocycles. The summed E-state index contributed by atoms with van der Waals surface area (Å²) < 4.78 is 0. The SMILES string of the molecule is CC1Cc2c(sc(-c3ccccc3)c2-c2ccccc2)C1=O. The van der Waals surface area contributed by atoms with Crippen LogP contribution in [0.5, 0.6) is 0 Å². The van der Waals surface area contributed by atoms with E-state index in [-0.39, 0.29) is 5.92 Å². The molecule has 1 nitrogen and oxygen atoms in total. The van der Waals surface area contributed by atoms with Crippen LogP contribution in [0.2, 0.25) is 0 Å².